The number of halogens is 1. The van der Waals surface area contributed by atoms with Crippen LogP contribution >= 0.6 is 12.4 Å². The van der Waals surface area contributed by atoms with Crippen molar-refractivity contribution in [3.8, 4) is 17.2 Å². The molecule has 1 N–H and O–H groups in total. The predicted molar refractivity (Wildman–Crippen MR) is 81.5 cm³/mol. The minimum absolute atomic E-state index is 0. The summed E-state index contributed by atoms with van der Waals surface area (Å²) in [5.41, 5.74) is 1.11. The number of methoxy groups -OCH3 is 3. The predicted octanol–water partition coefficient (Wildman–Crippen LogP) is 1.54. The van der Waals surface area contributed by atoms with Crippen LogP contribution in [0.15, 0.2) is 12.1 Å². The summed E-state index contributed by atoms with van der Waals surface area (Å²) in [6.45, 7) is 2.92. The first kappa shape index (κ1) is 16.9. The van der Waals surface area contributed by atoms with Crippen molar-refractivity contribution in [2.24, 2.45) is 0 Å². The Morgan fingerprint density at radius 2 is 1.75 bits per heavy atom. The normalized spacial score (nSPS) is 14.4. The number of benzene rings is 1. The zero-order valence-corrected chi connectivity index (χ0v) is 13.3. The molecule has 0 saturated carbocycles. The van der Waals surface area contributed by atoms with Crippen molar-refractivity contribution in [1.82, 2.24) is 10.2 Å². The summed E-state index contributed by atoms with van der Waals surface area (Å²) in [6.07, 6.45) is 0. The zero-order valence-electron chi connectivity index (χ0n) is 12.4. The molecular weight excluding hydrogens is 280 g/mol. The Labute approximate surface area is 126 Å². The molecule has 1 heterocycles. The van der Waals surface area contributed by atoms with Crippen LogP contribution in [-0.4, -0.2) is 52.4 Å². The Morgan fingerprint density at radius 3 is 2.20 bits per heavy atom. The minimum Gasteiger partial charge on any atom is -0.493 e. The summed E-state index contributed by atoms with van der Waals surface area (Å²) in [5, 5.41) is 3.28. The molecule has 1 aliphatic heterocycles. The molecule has 6 heteroatoms. The zero-order chi connectivity index (χ0) is 13.8. The maximum Gasteiger partial charge on any atom is 0.203 e. The van der Waals surface area contributed by atoms with E-state index in [4.69, 9.17) is 14.2 Å². The molecule has 0 aromatic heterocycles. The van der Waals surface area contributed by atoms with Crippen molar-refractivity contribution in [3.63, 3.8) is 0 Å². The molecule has 1 aromatic rings. The number of rotatable bonds is 6. The largest absolute Gasteiger partial charge is 0.493 e. The summed E-state index contributed by atoms with van der Waals surface area (Å²) in [6, 6.07) is 4.55. The SMILES string of the molecule is COc1ccc(CN(C)C2CNC2)c(OC)c1OC.Cl. The molecule has 5 nitrogen and oxygen atoms in total. The van der Waals surface area contributed by atoms with E-state index in [9.17, 15) is 0 Å². The van der Waals surface area contributed by atoms with Gasteiger partial charge in [-0.1, -0.05) is 6.07 Å². The number of hydrogen-bond donors (Lipinski definition) is 1. The van der Waals surface area contributed by atoms with E-state index in [-0.39, 0.29) is 12.4 Å². The van der Waals surface area contributed by atoms with E-state index in [1.807, 2.05) is 12.1 Å². The van der Waals surface area contributed by atoms with Crippen LogP contribution in [0.3, 0.4) is 0 Å². The quantitative estimate of drug-likeness (QED) is 0.863. The van der Waals surface area contributed by atoms with E-state index in [1.165, 1.54) is 0 Å². The lowest BCUT2D eigenvalue weighted by atomic mass is 10.1. The monoisotopic (exact) mass is 302 g/mol. The van der Waals surface area contributed by atoms with E-state index < -0.39 is 0 Å². The van der Waals surface area contributed by atoms with Crippen LogP contribution in [0, 0.1) is 0 Å². The highest BCUT2D eigenvalue weighted by Gasteiger charge is 2.23. The van der Waals surface area contributed by atoms with Gasteiger partial charge in [-0.25, -0.2) is 0 Å². The Bertz CT molecular complexity index is 439. The van der Waals surface area contributed by atoms with Crippen molar-refractivity contribution in [2.45, 2.75) is 12.6 Å². The van der Waals surface area contributed by atoms with Crippen LogP contribution in [0.25, 0.3) is 0 Å². The van der Waals surface area contributed by atoms with Gasteiger partial charge in [0.1, 0.15) is 0 Å². The lowest BCUT2D eigenvalue weighted by Crippen LogP contribution is -2.55. The topological polar surface area (TPSA) is 43.0 Å². The molecule has 1 saturated heterocycles. The molecule has 2 rings (SSSR count). The summed E-state index contributed by atoms with van der Waals surface area (Å²) >= 11 is 0. The van der Waals surface area contributed by atoms with Crippen LogP contribution in [0.2, 0.25) is 0 Å². The average molecular weight is 303 g/mol. The number of hydrogen-bond acceptors (Lipinski definition) is 5. The second-order valence-electron chi connectivity index (χ2n) is 4.72. The highest BCUT2D eigenvalue weighted by atomic mass is 35.5. The third kappa shape index (κ3) is 3.29. The van der Waals surface area contributed by atoms with Crippen LogP contribution in [0.5, 0.6) is 17.2 Å². The Hall–Kier alpha value is -1.17. The Balaban J connectivity index is 0.00000200. The molecule has 1 fully saturated rings. The number of nitrogens with one attached hydrogen (secondary N) is 1. The van der Waals surface area contributed by atoms with Gasteiger partial charge < -0.3 is 19.5 Å². The van der Waals surface area contributed by atoms with Crippen molar-refractivity contribution in [2.75, 3.05) is 41.5 Å². The van der Waals surface area contributed by atoms with E-state index in [0.29, 0.717) is 17.5 Å². The van der Waals surface area contributed by atoms with Gasteiger partial charge in [-0.05, 0) is 13.1 Å². The highest BCUT2D eigenvalue weighted by molar-refractivity contribution is 5.85. The van der Waals surface area contributed by atoms with Gasteiger partial charge in [0.15, 0.2) is 11.5 Å². The molecule has 0 bridgehead atoms. The molecule has 20 heavy (non-hydrogen) atoms. The number of likely N-dealkylation sites (N-methyl/N-ethyl adjacent to an activating group) is 1. The molecule has 114 valence electrons. The summed E-state index contributed by atoms with van der Waals surface area (Å²) in [4.78, 5) is 2.32. The summed E-state index contributed by atoms with van der Waals surface area (Å²) in [5.74, 6) is 2.10. The first-order chi connectivity index (χ1) is 9.21. The van der Waals surface area contributed by atoms with Gasteiger partial charge in [-0.15, -0.1) is 12.4 Å². The maximum atomic E-state index is 5.49. The van der Waals surface area contributed by atoms with E-state index in [0.717, 1.165) is 30.9 Å². The van der Waals surface area contributed by atoms with Crippen molar-refractivity contribution < 1.29 is 14.2 Å². The summed E-state index contributed by atoms with van der Waals surface area (Å²) in [7, 11) is 7.04. The first-order valence-corrected chi connectivity index (χ1v) is 6.40. The second-order valence-corrected chi connectivity index (χ2v) is 4.72. The van der Waals surface area contributed by atoms with Gasteiger partial charge in [0.2, 0.25) is 5.75 Å². The van der Waals surface area contributed by atoms with Gasteiger partial charge >= 0.3 is 0 Å². The van der Waals surface area contributed by atoms with Crippen LogP contribution in [0.4, 0.5) is 0 Å². The van der Waals surface area contributed by atoms with Crippen LogP contribution in [-0.2, 0) is 6.54 Å². The lowest BCUT2D eigenvalue weighted by molar-refractivity contribution is 0.171. The number of ether oxygens (including phenoxy) is 3. The van der Waals surface area contributed by atoms with Crippen LogP contribution < -0.4 is 19.5 Å². The van der Waals surface area contributed by atoms with Crippen molar-refractivity contribution in [1.29, 1.82) is 0 Å². The number of nitrogens with zero attached hydrogens (tertiary/aromatic N) is 1. The van der Waals surface area contributed by atoms with Gasteiger partial charge in [0, 0.05) is 31.2 Å². The molecule has 0 atom stereocenters. The third-order valence-corrected chi connectivity index (χ3v) is 3.59. The molecule has 1 aromatic carbocycles. The molecular formula is C14H23ClN2O3. The Morgan fingerprint density at radius 1 is 1.10 bits per heavy atom. The smallest absolute Gasteiger partial charge is 0.203 e. The van der Waals surface area contributed by atoms with Crippen molar-refractivity contribution in [3.05, 3.63) is 17.7 Å². The van der Waals surface area contributed by atoms with Gasteiger partial charge in [0.25, 0.3) is 0 Å². The summed E-state index contributed by atoms with van der Waals surface area (Å²) < 4.78 is 16.2. The standard InChI is InChI=1S/C14H22N2O3.ClH/c1-16(11-7-15-8-11)9-10-5-6-12(17-2)14(19-4)13(10)18-3;/h5-6,11,15H,7-9H2,1-4H3;1H. The molecule has 0 unspecified atom stereocenters. The van der Waals surface area contributed by atoms with Gasteiger partial charge in [-0.3, -0.25) is 4.90 Å². The fraction of sp³-hybridized carbons (Fsp3) is 0.571. The second kappa shape index (κ2) is 7.57. The van der Waals surface area contributed by atoms with E-state index in [2.05, 4.69) is 17.3 Å². The molecule has 1 aliphatic rings. The van der Waals surface area contributed by atoms with E-state index >= 15 is 0 Å². The van der Waals surface area contributed by atoms with Crippen molar-refractivity contribution >= 4 is 12.4 Å². The highest BCUT2D eigenvalue weighted by Crippen LogP contribution is 2.40. The minimum atomic E-state index is 0. The fourth-order valence-corrected chi connectivity index (χ4v) is 2.27. The van der Waals surface area contributed by atoms with Gasteiger partial charge in [-0.2, -0.15) is 0 Å². The fourth-order valence-electron chi connectivity index (χ4n) is 2.27. The Kier molecular flexibility index (Phi) is 6.39. The first-order valence-electron chi connectivity index (χ1n) is 6.40. The van der Waals surface area contributed by atoms with Crippen LogP contribution in [0.1, 0.15) is 5.56 Å². The maximum absolute atomic E-state index is 5.49. The molecule has 0 amide bonds. The lowest BCUT2D eigenvalue weighted by Gasteiger charge is -2.36. The average Bonchev–Trinajstić information content (AvgIpc) is 2.35. The van der Waals surface area contributed by atoms with Gasteiger partial charge in [0.05, 0.1) is 21.3 Å². The molecule has 0 radical (unpaired) electrons. The molecule has 0 spiro atoms. The third-order valence-electron chi connectivity index (χ3n) is 3.59. The molecule has 0 aliphatic carbocycles. The van der Waals surface area contributed by atoms with E-state index in [1.54, 1.807) is 21.3 Å².